The zero-order chi connectivity index (χ0) is 29.9. The molecule has 5 rings (SSSR count). The van der Waals surface area contributed by atoms with E-state index in [1.54, 1.807) is 0 Å². The van der Waals surface area contributed by atoms with Gasteiger partial charge in [-0.2, -0.15) is 0 Å². The summed E-state index contributed by atoms with van der Waals surface area (Å²) in [4.78, 5) is 5.42. The van der Waals surface area contributed by atoms with Crippen LogP contribution in [0.1, 0.15) is 72.2 Å². The summed E-state index contributed by atoms with van der Waals surface area (Å²) in [6.45, 7) is 17.2. The van der Waals surface area contributed by atoms with Gasteiger partial charge >= 0.3 is 0 Å². The van der Waals surface area contributed by atoms with Crippen molar-refractivity contribution in [1.29, 1.82) is 0 Å². The van der Waals surface area contributed by atoms with Crippen molar-refractivity contribution in [2.75, 3.05) is 6.26 Å². The van der Waals surface area contributed by atoms with Crippen LogP contribution in [0, 0.1) is 27.7 Å². The van der Waals surface area contributed by atoms with E-state index in [2.05, 4.69) is 98.0 Å². The van der Waals surface area contributed by atoms with Gasteiger partial charge in [-0.3, -0.25) is 0 Å². The molecule has 41 heavy (non-hydrogen) atoms. The Morgan fingerprint density at radius 2 is 1.15 bits per heavy atom. The van der Waals surface area contributed by atoms with E-state index in [4.69, 9.17) is 4.98 Å². The molecule has 0 aliphatic carbocycles. The van der Waals surface area contributed by atoms with Crippen LogP contribution in [-0.4, -0.2) is 24.1 Å². The number of fused-ring (bicyclic) bond motifs is 1. The summed E-state index contributed by atoms with van der Waals surface area (Å²) in [6, 6.07) is 22.9. The molecule has 0 saturated heterocycles. The number of hydrogen-bond donors (Lipinski definition) is 0. The fourth-order valence-corrected chi connectivity index (χ4v) is 6.79. The third kappa shape index (κ3) is 5.36. The number of benzene rings is 3. The number of nitrogens with zero attached hydrogens (tertiary/aromatic N) is 2. The number of pyridine rings is 1. The van der Waals surface area contributed by atoms with E-state index >= 15 is 0 Å². The van der Waals surface area contributed by atoms with Crippen molar-refractivity contribution in [2.24, 2.45) is 0 Å². The van der Waals surface area contributed by atoms with Gasteiger partial charge in [-0.25, -0.2) is 13.4 Å². The second-order valence-corrected chi connectivity index (χ2v) is 14.8. The number of rotatable bonds is 6. The van der Waals surface area contributed by atoms with E-state index in [0.717, 1.165) is 39.2 Å². The van der Waals surface area contributed by atoms with Crippen molar-refractivity contribution < 1.29 is 8.42 Å². The largest absolute Gasteiger partial charge is 0.306 e. The minimum absolute atomic E-state index is 0.324. The van der Waals surface area contributed by atoms with Gasteiger partial charge in [-0.1, -0.05) is 92.4 Å². The molecule has 2 aromatic heterocycles. The first kappa shape index (κ1) is 28.8. The Kier molecular flexibility index (Phi) is 7.02. The summed E-state index contributed by atoms with van der Waals surface area (Å²) in [5.74, 6) is 0. The van der Waals surface area contributed by atoms with Gasteiger partial charge in [0.1, 0.15) is 5.65 Å². The molecule has 212 valence electrons. The molecule has 3 aromatic carbocycles. The predicted molar refractivity (Wildman–Crippen MR) is 170 cm³/mol. The summed E-state index contributed by atoms with van der Waals surface area (Å²) in [5.41, 5.74) is 10.5. The van der Waals surface area contributed by atoms with Crippen LogP contribution in [0.15, 0.2) is 84.0 Å². The average molecular weight is 565 g/mol. The van der Waals surface area contributed by atoms with Crippen molar-refractivity contribution in [3.8, 4) is 11.3 Å². The van der Waals surface area contributed by atoms with Crippen molar-refractivity contribution in [2.45, 2.75) is 71.1 Å². The fraction of sp³-hybridized carbons (Fsp3) is 0.306. The number of aryl methyl sites for hydroxylation is 4. The second-order valence-electron chi connectivity index (χ2n) is 12.8. The van der Waals surface area contributed by atoms with Gasteiger partial charge < -0.3 is 4.40 Å². The normalized spacial score (nSPS) is 12.7. The van der Waals surface area contributed by atoms with Crippen LogP contribution in [0.2, 0.25) is 0 Å². The zero-order valence-electron chi connectivity index (χ0n) is 25.6. The SMILES string of the molecule is Cc1cc(C)cc(C(C)(C)c2cc(S(C)(=O)=O)cc(C(C)(C)c3cc(C)cc(C)c3)c2-c2cn3ccccc3n2)c1. The first-order valence-corrected chi connectivity index (χ1v) is 16.0. The molecule has 0 amide bonds. The van der Waals surface area contributed by atoms with Crippen LogP contribution in [-0.2, 0) is 20.7 Å². The fourth-order valence-electron chi connectivity index (χ4n) is 6.13. The maximum atomic E-state index is 13.2. The van der Waals surface area contributed by atoms with Crippen LogP contribution in [0.3, 0.4) is 0 Å². The maximum Gasteiger partial charge on any atom is 0.175 e. The Morgan fingerprint density at radius 1 is 0.683 bits per heavy atom. The molecule has 0 spiro atoms. The molecule has 0 bridgehead atoms. The molecule has 0 unspecified atom stereocenters. The summed E-state index contributed by atoms with van der Waals surface area (Å²) < 4.78 is 28.5. The molecule has 0 aliphatic heterocycles. The van der Waals surface area contributed by atoms with E-state index in [0.29, 0.717) is 4.90 Å². The molecule has 5 heteroatoms. The standard InChI is InChI=1S/C36H40N2O2S/c1-23-14-24(2)17-27(16-23)35(5,6)30-20-29(41(9,39)40)21-31(36(7,8)28-18-25(3)15-26(4)19-28)34(30)32-22-38-13-11-10-12-33(38)37-32/h10-22H,1-9H3. The molecule has 0 fully saturated rings. The lowest BCUT2D eigenvalue weighted by atomic mass is 9.69. The number of imidazole rings is 1. The third-order valence-electron chi connectivity index (χ3n) is 8.39. The van der Waals surface area contributed by atoms with E-state index in [-0.39, 0.29) is 0 Å². The van der Waals surface area contributed by atoms with Crippen LogP contribution in [0.25, 0.3) is 16.9 Å². The van der Waals surface area contributed by atoms with Crippen LogP contribution in [0.4, 0.5) is 0 Å². The van der Waals surface area contributed by atoms with Gasteiger partial charge in [0, 0.05) is 35.0 Å². The Labute approximate surface area is 245 Å². The second kappa shape index (κ2) is 9.99. The number of hydrogen-bond acceptors (Lipinski definition) is 3. The van der Waals surface area contributed by atoms with Gasteiger partial charge in [-0.15, -0.1) is 0 Å². The quantitative estimate of drug-likeness (QED) is 0.208. The summed E-state index contributed by atoms with van der Waals surface area (Å²) >= 11 is 0. The Bertz CT molecular complexity index is 1750. The summed E-state index contributed by atoms with van der Waals surface area (Å²) in [6.07, 6.45) is 5.36. The molecule has 2 heterocycles. The highest BCUT2D eigenvalue weighted by atomic mass is 32.2. The summed E-state index contributed by atoms with van der Waals surface area (Å²) in [5, 5.41) is 0. The average Bonchev–Trinajstić information content (AvgIpc) is 3.30. The van der Waals surface area contributed by atoms with E-state index < -0.39 is 20.7 Å². The smallest absolute Gasteiger partial charge is 0.175 e. The molecule has 5 aromatic rings. The zero-order valence-corrected chi connectivity index (χ0v) is 26.4. The van der Waals surface area contributed by atoms with Gasteiger partial charge in [0.2, 0.25) is 0 Å². The maximum absolute atomic E-state index is 13.2. The Balaban J connectivity index is 1.95. The predicted octanol–water partition coefficient (Wildman–Crippen LogP) is 8.29. The van der Waals surface area contributed by atoms with E-state index in [1.165, 1.54) is 28.5 Å². The van der Waals surface area contributed by atoms with Gasteiger partial charge in [-0.05, 0) is 74.2 Å². The third-order valence-corrected chi connectivity index (χ3v) is 9.49. The molecule has 0 aliphatic rings. The summed E-state index contributed by atoms with van der Waals surface area (Å²) in [7, 11) is -3.51. The Hall–Kier alpha value is -3.70. The highest BCUT2D eigenvalue weighted by Crippen LogP contribution is 2.46. The van der Waals surface area contributed by atoms with Crippen LogP contribution >= 0.6 is 0 Å². The van der Waals surface area contributed by atoms with Gasteiger partial charge in [0.05, 0.1) is 10.6 Å². The number of sulfone groups is 1. The lowest BCUT2D eigenvalue weighted by Gasteiger charge is -2.35. The monoisotopic (exact) mass is 564 g/mol. The molecular formula is C36H40N2O2S. The van der Waals surface area contributed by atoms with Crippen molar-refractivity contribution in [1.82, 2.24) is 9.38 Å². The minimum Gasteiger partial charge on any atom is -0.306 e. The first-order valence-electron chi connectivity index (χ1n) is 14.1. The van der Waals surface area contributed by atoms with Crippen LogP contribution < -0.4 is 0 Å². The van der Waals surface area contributed by atoms with Crippen molar-refractivity contribution in [3.05, 3.63) is 124 Å². The van der Waals surface area contributed by atoms with E-state index in [9.17, 15) is 8.42 Å². The number of aromatic nitrogens is 2. The Morgan fingerprint density at radius 3 is 1.56 bits per heavy atom. The van der Waals surface area contributed by atoms with Crippen molar-refractivity contribution >= 4 is 15.5 Å². The molecular weight excluding hydrogens is 524 g/mol. The highest BCUT2D eigenvalue weighted by molar-refractivity contribution is 7.90. The lowest BCUT2D eigenvalue weighted by Crippen LogP contribution is -2.26. The van der Waals surface area contributed by atoms with Gasteiger partial charge in [0.25, 0.3) is 0 Å². The highest BCUT2D eigenvalue weighted by Gasteiger charge is 2.36. The van der Waals surface area contributed by atoms with Crippen molar-refractivity contribution in [3.63, 3.8) is 0 Å². The molecule has 4 nitrogen and oxygen atoms in total. The lowest BCUT2D eigenvalue weighted by molar-refractivity contribution is 0.595. The first-order chi connectivity index (χ1) is 19.1. The molecule has 0 saturated carbocycles. The molecule has 0 atom stereocenters. The molecule has 0 N–H and O–H groups in total. The van der Waals surface area contributed by atoms with Crippen LogP contribution in [0.5, 0.6) is 0 Å². The minimum atomic E-state index is -3.51. The van der Waals surface area contributed by atoms with E-state index in [1.807, 2.05) is 40.9 Å². The van der Waals surface area contributed by atoms with Gasteiger partial charge in [0.15, 0.2) is 9.84 Å². The molecule has 0 radical (unpaired) electrons. The topological polar surface area (TPSA) is 51.4 Å².